The maximum Gasteiger partial charge on any atom is 0.162 e. The second-order valence-electron chi connectivity index (χ2n) is 5.18. The van der Waals surface area contributed by atoms with E-state index < -0.39 is 0 Å². The highest BCUT2D eigenvalue weighted by Crippen LogP contribution is 2.14. The van der Waals surface area contributed by atoms with E-state index in [1.807, 2.05) is 45.0 Å². The predicted molar refractivity (Wildman–Crippen MR) is 73.4 cm³/mol. The Morgan fingerprint density at radius 2 is 1.89 bits per heavy atom. The molecule has 0 aromatic heterocycles. The summed E-state index contributed by atoms with van der Waals surface area (Å²) in [5.41, 5.74) is 0.821. The first-order valence-corrected chi connectivity index (χ1v) is 6.01. The highest BCUT2D eigenvalue weighted by atomic mass is 16.5. The van der Waals surface area contributed by atoms with E-state index in [-0.39, 0.29) is 11.2 Å². The minimum atomic E-state index is -0.321. The van der Waals surface area contributed by atoms with E-state index >= 15 is 0 Å². The van der Waals surface area contributed by atoms with Crippen molar-refractivity contribution in [3.05, 3.63) is 42.1 Å². The highest BCUT2D eigenvalue weighted by Gasteiger charge is 2.17. The molecule has 0 aliphatic rings. The van der Waals surface area contributed by atoms with Gasteiger partial charge < -0.3 is 10.1 Å². The molecule has 98 valence electrons. The molecule has 18 heavy (non-hydrogen) atoms. The summed E-state index contributed by atoms with van der Waals surface area (Å²) in [6, 6.07) is 7.82. The van der Waals surface area contributed by atoms with Crippen molar-refractivity contribution in [3.8, 4) is 5.75 Å². The van der Waals surface area contributed by atoms with Crippen LogP contribution in [0.5, 0.6) is 5.75 Å². The van der Waals surface area contributed by atoms with E-state index in [1.54, 1.807) is 19.4 Å². The molecule has 0 heterocycles. The Kier molecular flexibility index (Phi) is 4.95. The third-order valence-corrected chi connectivity index (χ3v) is 2.56. The normalized spacial score (nSPS) is 11.6. The molecular weight excluding hydrogens is 226 g/mol. The van der Waals surface area contributed by atoms with Crippen molar-refractivity contribution in [3.63, 3.8) is 0 Å². The number of benzene rings is 1. The molecular formula is C15H21NO2. The fourth-order valence-corrected chi connectivity index (χ4v) is 1.30. The number of carbonyl (C=O) groups excluding carboxylic acids is 1. The molecule has 0 aliphatic carbocycles. The minimum Gasteiger partial charge on any atom is -0.497 e. The van der Waals surface area contributed by atoms with Crippen LogP contribution in [0, 0.1) is 5.41 Å². The number of nitrogens with one attached hydrogen (secondary N) is 1. The fraction of sp³-hybridized carbons (Fsp3) is 0.400. The quantitative estimate of drug-likeness (QED) is 0.813. The maximum atomic E-state index is 11.6. The Hall–Kier alpha value is -1.77. The number of allylic oxidation sites excluding steroid dienone is 1. The summed E-state index contributed by atoms with van der Waals surface area (Å²) in [6.07, 6.45) is 3.29. The molecule has 1 rings (SSSR count). The Balaban J connectivity index is 2.42. The van der Waals surface area contributed by atoms with E-state index in [4.69, 9.17) is 4.74 Å². The molecule has 0 aliphatic heterocycles. The van der Waals surface area contributed by atoms with Gasteiger partial charge in [0, 0.05) is 18.2 Å². The highest BCUT2D eigenvalue weighted by molar-refractivity contribution is 5.93. The average Bonchev–Trinajstić information content (AvgIpc) is 2.34. The van der Waals surface area contributed by atoms with Crippen molar-refractivity contribution in [2.45, 2.75) is 27.3 Å². The van der Waals surface area contributed by atoms with Gasteiger partial charge in [-0.15, -0.1) is 0 Å². The zero-order chi connectivity index (χ0) is 13.6. The van der Waals surface area contributed by atoms with Crippen LogP contribution < -0.4 is 10.1 Å². The summed E-state index contributed by atoms with van der Waals surface area (Å²) in [4.78, 5) is 11.6. The van der Waals surface area contributed by atoms with Crippen LogP contribution in [0.4, 0.5) is 0 Å². The van der Waals surface area contributed by atoms with E-state index in [2.05, 4.69) is 5.32 Å². The third kappa shape index (κ3) is 4.62. The van der Waals surface area contributed by atoms with Crippen molar-refractivity contribution < 1.29 is 9.53 Å². The summed E-state index contributed by atoms with van der Waals surface area (Å²) in [5, 5.41) is 3.10. The summed E-state index contributed by atoms with van der Waals surface area (Å²) in [7, 11) is 1.65. The van der Waals surface area contributed by atoms with Crippen LogP contribution in [0.25, 0.3) is 0 Å². The van der Waals surface area contributed by atoms with Gasteiger partial charge in [-0.05, 0) is 23.8 Å². The number of carbonyl (C=O) groups is 1. The second-order valence-corrected chi connectivity index (χ2v) is 5.18. The number of hydrogen-bond donors (Lipinski definition) is 1. The predicted octanol–water partition coefficient (Wildman–Crippen LogP) is 2.91. The van der Waals surface area contributed by atoms with Crippen molar-refractivity contribution in [2.24, 2.45) is 5.41 Å². The zero-order valence-electron chi connectivity index (χ0n) is 11.5. The largest absolute Gasteiger partial charge is 0.497 e. The van der Waals surface area contributed by atoms with E-state index in [0.717, 1.165) is 11.3 Å². The van der Waals surface area contributed by atoms with Gasteiger partial charge in [0.1, 0.15) is 5.75 Å². The fourth-order valence-electron chi connectivity index (χ4n) is 1.30. The average molecular weight is 247 g/mol. The number of methoxy groups -OCH3 is 1. The van der Waals surface area contributed by atoms with E-state index in [1.165, 1.54) is 0 Å². The van der Waals surface area contributed by atoms with Crippen LogP contribution in [0.15, 0.2) is 36.5 Å². The van der Waals surface area contributed by atoms with Gasteiger partial charge in [0.05, 0.1) is 7.11 Å². The number of ether oxygens (including phenoxy) is 1. The standard InChI is InChI=1S/C15H21NO2/c1-15(2,3)14(17)9-10-16-11-12-5-7-13(18-4)8-6-12/h5-10,16H,11H2,1-4H3/b10-9+. The van der Waals surface area contributed by atoms with Gasteiger partial charge in [0.2, 0.25) is 0 Å². The van der Waals surface area contributed by atoms with Gasteiger partial charge in [0.15, 0.2) is 5.78 Å². The Labute approximate surface area is 109 Å². The smallest absolute Gasteiger partial charge is 0.162 e. The van der Waals surface area contributed by atoms with Crippen LogP contribution in [0.2, 0.25) is 0 Å². The number of hydrogen-bond acceptors (Lipinski definition) is 3. The number of rotatable bonds is 5. The molecule has 0 amide bonds. The van der Waals surface area contributed by atoms with Crippen LogP contribution in [0.1, 0.15) is 26.3 Å². The van der Waals surface area contributed by atoms with Crippen LogP contribution in [0.3, 0.4) is 0 Å². The zero-order valence-corrected chi connectivity index (χ0v) is 11.5. The SMILES string of the molecule is COc1ccc(CN/C=C/C(=O)C(C)(C)C)cc1. The Morgan fingerprint density at radius 3 is 2.39 bits per heavy atom. The topological polar surface area (TPSA) is 38.3 Å². The molecule has 3 nitrogen and oxygen atoms in total. The molecule has 0 fully saturated rings. The van der Waals surface area contributed by atoms with Crippen molar-refractivity contribution >= 4 is 5.78 Å². The van der Waals surface area contributed by atoms with Crippen molar-refractivity contribution in [1.82, 2.24) is 5.32 Å². The van der Waals surface area contributed by atoms with Gasteiger partial charge >= 0.3 is 0 Å². The molecule has 3 heteroatoms. The molecule has 0 atom stereocenters. The molecule has 0 saturated heterocycles. The number of ketones is 1. The maximum absolute atomic E-state index is 11.6. The summed E-state index contributed by atoms with van der Waals surface area (Å²) in [6.45, 7) is 6.41. The molecule has 0 radical (unpaired) electrons. The van der Waals surface area contributed by atoms with Crippen LogP contribution >= 0.6 is 0 Å². The lowest BCUT2D eigenvalue weighted by Crippen LogP contribution is -2.18. The molecule has 1 aromatic carbocycles. The summed E-state index contributed by atoms with van der Waals surface area (Å²) >= 11 is 0. The van der Waals surface area contributed by atoms with Crippen LogP contribution in [-0.2, 0) is 11.3 Å². The van der Waals surface area contributed by atoms with Gasteiger partial charge in [-0.3, -0.25) is 4.79 Å². The van der Waals surface area contributed by atoms with Gasteiger partial charge in [-0.2, -0.15) is 0 Å². The van der Waals surface area contributed by atoms with E-state index in [0.29, 0.717) is 6.54 Å². The third-order valence-electron chi connectivity index (χ3n) is 2.56. The monoisotopic (exact) mass is 247 g/mol. The summed E-state index contributed by atoms with van der Waals surface area (Å²) < 4.78 is 5.08. The summed E-state index contributed by atoms with van der Waals surface area (Å²) in [5.74, 6) is 0.960. The molecule has 0 spiro atoms. The molecule has 0 saturated carbocycles. The van der Waals surface area contributed by atoms with Gasteiger partial charge in [0.25, 0.3) is 0 Å². The molecule has 1 N–H and O–H groups in total. The Morgan fingerprint density at radius 1 is 1.28 bits per heavy atom. The second kappa shape index (κ2) is 6.24. The molecule has 0 unspecified atom stereocenters. The lowest BCUT2D eigenvalue weighted by molar-refractivity contribution is -0.121. The first-order chi connectivity index (χ1) is 8.43. The first-order valence-electron chi connectivity index (χ1n) is 6.01. The van der Waals surface area contributed by atoms with E-state index in [9.17, 15) is 4.79 Å². The van der Waals surface area contributed by atoms with Crippen molar-refractivity contribution in [1.29, 1.82) is 0 Å². The lowest BCUT2D eigenvalue weighted by Gasteiger charge is -2.13. The van der Waals surface area contributed by atoms with Crippen molar-refractivity contribution in [2.75, 3.05) is 7.11 Å². The van der Waals surface area contributed by atoms with Gasteiger partial charge in [-0.25, -0.2) is 0 Å². The van der Waals surface area contributed by atoms with Crippen LogP contribution in [-0.4, -0.2) is 12.9 Å². The minimum absolute atomic E-state index is 0.115. The Bertz CT molecular complexity index is 413. The lowest BCUT2D eigenvalue weighted by atomic mass is 9.91. The van der Waals surface area contributed by atoms with Gasteiger partial charge in [-0.1, -0.05) is 32.9 Å². The first kappa shape index (κ1) is 14.3. The molecule has 0 bridgehead atoms. The molecule has 1 aromatic rings.